The number of halogens is 2. The van der Waals surface area contributed by atoms with E-state index in [4.69, 9.17) is 16.0 Å². The van der Waals surface area contributed by atoms with E-state index in [0.29, 0.717) is 22.0 Å². The highest BCUT2D eigenvalue weighted by atomic mass is 35.5. The largest absolute Gasteiger partial charge is 0.439 e. The van der Waals surface area contributed by atoms with Crippen LogP contribution >= 0.6 is 11.6 Å². The zero-order valence-corrected chi connectivity index (χ0v) is 12.3. The molecule has 0 atom stereocenters. The standard InChI is InChI=1S/C15H18ClFN2O/c1-2-3-15(4-6-18-7-5-15)14-19-12-9-10(17)8-11(16)13(12)20-14/h8-9,18H,2-7H2,1H3. The highest BCUT2D eigenvalue weighted by Crippen LogP contribution is 2.39. The Balaban J connectivity index is 2.09. The number of piperidine rings is 1. The summed E-state index contributed by atoms with van der Waals surface area (Å²) in [4.78, 5) is 4.53. The molecule has 0 bridgehead atoms. The van der Waals surface area contributed by atoms with Gasteiger partial charge in [0.1, 0.15) is 11.3 Å². The fraction of sp³-hybridized carbons (Fsp3) is 0.533. The summed E-state index contributed by atoms with van der Waals surface area (Å²) in [5.41, 5.74) is 0.967. The first kappa shape index (κ1) is 13.8. The number of oxazole rings is 1. The van der Waals surface area contributed by atoms with Gasteiger partial charge in [0.25, 0.3) is 0 Å². The van der Waals surface area contributed by atoms with Crippen molar-refractivity contribution in [2.45, 2.75) is 38.0 Å². The third-order valence-corrected chi connectivity index (χ3v) is 4.43. The van der Waals surface area contributed by atoms with Crippen LogP contribution in [-0.4, -0.2) is 18.1 Å². The Kier molecular flexibility index (Phi) is 3.69. The van der Waals surface area contributed by atoms with Crippen LogP contribution < -0.4 is 5.32 Å². The number of nitrogens with one attached hydrogen (secondary N) is 1. The minimum Gasteiger partial charge on any atom is -0.439 e. The highest BCUT2D eigenvalue weighted by Gasteiger charge is 2.37. The maximum absolute atomic E-state index is 13.4. The van der Waals surface area contributed by atoms with Gasteiger partial charge in [-0.2, -0.15) is 0 Å². The molecular formula is C15H18ClFN2O. The van der Waals surface area contributed by atoms with Crippen LogP contribution in [-0.2, 0) is 5.41 Å². The van der Waals surface area contributed by atoms with E-state index in [1.54, 1.807) is 0 Å². The average Bonchev–Trinajstić information content (AvgIpc) is 2.85. The van der Waals surface area contributed by atoms with Crippen molar-refractivity contribution >= 4 is 22.7 Å². The minimum atomic E-state index is -0.378. The fourth-order valence-electron chi connectivity index (χ4n) is 3.14. The smallest absolute Gasteiger partial charge is 0.201 e. The average molecular weight is 297 g/mol. The van der Waals surface area contributed by atoms with E-state index in [2.05, 4.69) is 17.2 Å². The van der Waals surface area contributed by atoms with E-state index in [1.807, 2.05) is 0 Å². The fourth-order valence-corrected chi connectivity index (χ4v) is 3.38. The zero-order chi connectivity index (χ0) is 14.2. The molecular weight excluding hydrogens is 279 g/mol. The summed E-state index contributed by atoms with van der Waals surface area (Å²) in [6, 6.07) is 2.66. The Morgan fingerprint density at radius 1 is 1.40 bits per heavy atom. The van der Waals surface area contributed by atoms with E-state index in [0.717, 1.165) is 38.8 Å². The van der Waals surface area contributed by atoms with Crippen molar-refractivity contribution in [2.24, 2.45) is 0 Å². The summed E-state index contributed by atoms with van der Waals surface area (Å²) in [7, 11) is 0. The number of fused-ring (bicyclic) bond motifs is 1. The summed E-state index contributed by atoms with van der Waals surface area (Å²) in [6.45, 7) is 4.08. The van der Waals surface area contributed by atoms with E-state index in [-0.39, 0.29) is 11.2 Å². The number of nitrogens with zero attached hydrogens (tertiary/aromatic N) is 1. The molecule has 0 amide bonds. The monoisotopic (exact) mass is 296 g/mol. The molecule has 2 heterocycles. The summed E-state index contributed by atoms with van der Waals surface area (Å²) in [5, 5.41) is 3.66. The third kappa shape index (κ3) is 2.31. The molecule has 1 N–H and O–H groups in total. The van der Waals surface area contributed by atoms with Gasteiger partial charge in [-0.3, -0.25) is 0 Å². The molecule has 0 spiro atoms. The zero-order valence-electron chi connectivity index (χ0n) is 11.5. The Hall–Kier alpha value is -1.13. The lowest BCUT2D eigenvalue weighted by molar-refractivity contribution is 0.234. The van der Waals surface area contributed by atoms with Gasteiger partial charge in [-0.1, -0.05) is 24.9 Å². The number of aromatic nitrogens is 1. The topological polar surface area (TPSA) is 38.1 Å². The summed E-state index contributed by atoms with van der Waals surface area (Å²) in [6.07, 6.45) is 4.09. The van der Waals surface area contributed by atoms with Crippen LogP contribution in [0, 0.1) is 5.82 Å². The first-order valence-electron chi connectivity index (χ1n) is 7.11. The molecule has 1 aromatic heterocycles. The molecule has 1 saturated heterocycles. The Bertz CT molecular complexity index is 614. The van der Waals surface area contributed by atoms with Gasteiger partial charge < -0.3 is 9.73 Å². The lowest BCUT2D eigenvalue weighted by Gasteiger charge is -2.34. The van der Waals surface area contributed by atoms with Gasteiger partial charge >= 0.3 is 0 Å². The number of hydrogen-bond acceptors (Lipinski definition) is 3. The van der Waals surface area contributed by atoms with Gasteiger partial charge in [0.2, 0.25) is 5.89 Å². The van der Waals surface area contributed by atoms with Crippen molar-refractivity contribution in [3.05, 3.63) is 28.9 Å². The second kappa shape index (κ2) is 5.34. The van der Waals surface area contributed by atoms with Crippen LogP contribution in [0.15, 0.2) is 16.5 Å². The van der Waals surface area contributed by atoms with Crippen LogP contribution in [0.25, 0.3) is 11.1 Å². The van der Waals surface area contributed by atoms with Crippen LogP contribution in [0.5, 0.6) is 0 Å². The Labute approximate surface area is 122 Å². The quantitative estimate of drug-likeness (QED) is 0.929. The lowest BCUT2D eigenvalue weighted by Crippen LogP contribution is -2.40. The molecule has 1 aromatic carbocycles. The Morgan fingerprint density at radius 3 is 2.85 bits per heavy atom. The number of rotatable bonds is 3. The second-order valence-corrected chi connectivity index (χ2v) is 5.94. The molecule has 108 valence electrons. The molecule has 0 aliphatic carbocycles. The van der Waals surface area contributed by atoms with Crippen LogP contribution in [0.4, 0.5) is 4.39 Å². The van der Waals surface area contributed by atoms with Crippen molar-refractivity contribution in [1.29, 1.82) is 0 Å². The number of hydrogen-bond donors (Lipinski definition) is 1. The summed E-state index contributed by atoms with van der Waals surface area (Å²) in [5.74, 6) is 0.334. The normalized spacial score (nSPS) is 18.6. The molecule has 20 heavy (non-hydrogen) atoms. The van der Waals surface area contributed by atoms with E-state index < -0.39 is 0 Å². The van der Waals surface area contributed by atoms with Gasteiger partial charge in [0.05, 0.1) is 5.02 Å². The lowest BCUT2D eigenvalue weighted by atomic mass is 9.75. The summed E-state index contributed by atoms with van der Waals surface area (Å²) >= 11 is 6.05. The predicted molar refractivity (Wildman–Crippen MR) is 77.7 cm³/mol. The van der Waals surface area contributed by atoms with Crippen molar-refractivity contribution in [3.8, 4) is 0 Å². The van der Waals surface area contributed by atoms with Crippen LogP contribution in [0.1, 0.15) is 38.5 Å². The molecule has 3 nitrogen and oxygen atoms in total. The van der Waals surface area contributed by atoms with Crippen molar-refractivity contribution < 1.29 is 8.81 Å². The SMILES string of the molecule is CCCC1(c2nc3cc(F)cc(Cl)c3o2)CCNCC1. The van der Waals surface area contributed by atoms with Gasteiger partial charge in [0, 0.05) is 11.5 Å². The molecule has 2 aromatic rings. The molecule has 1 fully saturated rings. The number of benzene rings is 1. The van der Waals surface area contributed by atoms with Crippen molar-refractivity contribution in [2.75, 3.05) is 13.1 Å². The maximum Gasteiger partial charge on any atom is 0.201 e. The van der Waals surface area contributed by atoms with E-state index >= 15 is 0 Å². The van der Waals surface area contributed by atoms with Crippen molar-refractivity contribution in [3.63, 3.8) is 0 Å². The maximum atomic E-state index is 13.4. The first-order chi connectivity index (χ1) is 9.64. The minimum absolute atomic E-state index is 0.0428. The highest BCUT2D eigenvalue weighted by molar-refractivity contribution is 6.34. The molecule has 3 rings (SSSR count). The van der Waals surface area contributed by atoms with E-state index in [1.165, 1.54) is 12.1 Å². The van der Waals surface area contributed by atoms with Crippen LogP contribution in [0.2, 0.25) is 5.02 Å². The molecule has 0 saturated carbocycles. The molecule has 1 aliphatic rings. The van der Waals surface area contributed by atoms with Gasteiger partial charge in [-0.05, 0) is 38.4 Å². The molecule has 0 radical (unpaired) electrons. The summed E-state index contributed by atoms with van der Waals surface area (Å²) < 4.78 is 19.3. The van der Waals surface area contributed by atoms with Crippen LogP contribution in [0.3, 0.4) is 0 Å². The second-order valence-electron chi connectivity index (χ2n) is 5.54. The van der Waals surface area contributed by atoms with Gasteiger partial charge in [-0.25, -0.2) is 9.37 Å². The first-order valence-corrected chi connectivity index (χ1v) is 7.49. The predicted octanol–water partition coefficient (Wildman–Crippen LogP) is 4.04. The van der Waals surface area contributed by atoms with Gasteiger partial charge in [-0.15, -0.1) is 0 Å². The van der Waals surface area contributed by atoms with Crippen molar-refractivity contribution in [1.82, 2.24) is 10.3 Å². The Morgan fingerprint density at radius 2 is 2.15 bits per heavy atom. The van der Waals surface area contributed by atoms with Gasteiger partial charge in [0.15, 0.2) is 5.58 Å². The molecule has 0 unspecified atom stereocenters. The van der Waals surface area contributed by atoms with E-state index in [9.17, 15) is 4.39 Å². The third-order valence-electron chi connectivity index (χ3n) is 4.15. The molecule has 5 heteroatoms. The molecule has 1 aliphatic heterocycles.